The summed E-state index contributed by atoms with van der Waals surface area (Å²) in [6, 6.07) is 1.67. The number of nitrogens with one attached hydrogen (secondary N) is 1. The van der Waals surface area contributed by atoms with Gasteiger partial charge in [-0.15, -0.1) is 0 Å². The Labute approximate surface area is 93.8 Å². The van der Waals surface area contributed by atoms with Crippen LogP contribution in [0.5, 0.6) is 0 Å². The minimum absolute atomic E-state index is 0.0310. The summed E-state index contributed by atoms with van der Waals surface area (Å²) >= 11 is 0. The summed E-state index contributed by atoms with van der Waals surface area (Å²) in [6.07, 6.45) is 1.54. The highest BCUT2D eigenvalue weighted by atomic mass is 32.2. The summed E-state index contributed by atoms with van der Waals surface area (Å²) in [5.74, 6) is -0.789. The zero-order valence-electron chi connectivity index (χ0n) is 9.02. The third-order valence-corrected chi connectivity index (χ3v) is 3.99. The fraction of sp³-hybridized carbons (Fsp3) is 0.400. The van der Waals surface area contributed by atoms with Gasteiger partial charge in [-0.25, -0.2) is 13.4 Å². The maximum atomic E-state index is 11.6. The van der Waals surface area contributed by atoms with Crippen LogP contribution in [0.4, 0.5) is 5.69 Å². The van der Waals surface area contributed by atoms with Crippen LogP contribution >= 0.6 is 0 Å². The van der Waals surface area contributed by atoms with E-state index < -0.39 is 21.5 Å². The number of carbonyl (C=O) groups is 1. The first kappa shape index (κ1) is 11.1. The molecule has 0 unspecified atom stereocenters. The Morgan fingerprint density at radius 2 is 2.12 bits per heavy atom. The average molecular weight is 240 g/mol. The van der Waals surface area contributed by atoms with Gasteiger partial charge < -0.3 is 5.32 Å². The lowest BCUT2D eigenvalue weighted by Gasteiger charge is -2.17. The number of hydrogen-bond acceptors (Lipinski definition) is 4. The van der Waals surface area contributed by atoms with Crippen LogP contribution in [-0.4, -0.2) is 25.1 Å². The van der Waals surface area contributed by atoms with Gasteiger partial charge in [-0.1, -0.05) is 13.8 Å². The Bertz CT molecular complexity index is 549. The number of fused-ring (bicyclic) bond motifs is 1. The summed E-state index contributed by atoms with van der Waals surface area (Å²) in [5, 5.41) is 2.50. The lowest BCUT2D eigenvalue weighted by atomic mass is 10.1. The Morgan fingerprint density at radius 3 is 2.75 bits per heavy atom. The van der Waals surface area contributed by atoms with E-state index in [1.54, 1.807) is 12.3 Å². The molecule has 0 aromatic carbocycles. The normalized spacial score (nSPS) is 18.1. The van der Waals surface area contributed by atoms with Crippen molar-refractivity contribution in [3.8, 4) is 0 Å². The summed E-state index contributed by atoms with van der Waals surface area (Å²) < 4.78 is 23.3. The number of sulfone groups is 1. The molecule has 0 bridgehead atoms. The Hall–Kier alpha value is -1.43. The zero-order chi connectivity index (χ0) is 11.9. The largest absolute Gasteiger partial charge is 0.323 e. The molecule has 6 heteroatoms. The number of aromatic nitrogens is 1. The van der Waals surface area contributed by atoms with E-state index in [-0.39, 0.29) is 10.9 Å². The van der Waals surface area contributed by atoms with Crippen LogP contribution in [0.3, 0.4) is 0 Å². The van der Waals surface area contributed by atoms with Crippen molar-refractivity contribution >= 4 is 21.4 Å². The highest BCUT2D eigenvalue weighted by molar-refractivity contribution is 7.92. The van der Waals surface area contributed by atoms with Crippen molar-refractivity contribution in [2.45, 2.75) is 24.8 Å². The maximum absolute atomic E-state index is 11.6. The van der Waals surface area contributed by atoms with Crippen molar-refractivity contribution < 1.29 is 13.2 Å². The second-order valence-corrected chi connectivity index (χ2v) is 5.99. The van der Waals surface area contributed by atoms with Crippen LogP contribution in [-0.2, 0) is 14.6 Å². The molecule has 0 fully saturated rings. The number of pyridine rings is 1. The van der Waals surface area contributed by atoms with Gasteiger partial charge in [-0.2, -0.15) is 0 Å². The first-order valence-electron chi connectivity index (χ1n) is 4.93. The van der Waals surface area contributed by atoms with Gasteiger partial charge in [0.05, 0.1) is 5.69 Å². The molecule has 0 spiro atoms. The van der Waals surface area contributed by atoms with E-state index >= 15 is 0 Å². The number of hydrogen-bond donors (Lipinski definition) is 1. The van der Waals surface area contributed by atoms with Crippen LogP contribution in [0, 0.1) is 0 Å². The zero-order valence-corrected chi connectivity index (χ0v) is 9.84. The van der Waals surface area contributed by atoms with Crippen LogP contribution in [0.1, 0.15) is 25.3 Å². The molecule has 1 aromatic heterocycles. The van der Waals surface area contributed by atoms with Crippen molar-refractivity contribution in [1.82, 2.24) is 4.98 Å². The van der Waals surface area contributed by atoms with E-state index in [4.69, 9.17) is 0 Å². The summed E-state index contributed by atoms with van der Waals surface area (Å²) in [6.45, 7) is 3.95. The second-order valence-electron chi connectivity index (χ2n) is 4.08. The highest BCUT2D eigenvalue weighted by Crippen LogP contribution is 2.27. The summed E-state index contributed by atoms with van der Waals surface area (Å²) in [4.78, 5) is 15.1. The van der Waals surface area contributed by atoms with E-state index in [1.165, 1.54) is 0 Å². The van der Waals surface area contributed by atoms with Crippen molar-refractivity contribution in [1.29, 1.82) is 0 Å². The molecule has 1 aliphatic heterocycles. The molecular formula is C10H12N2O3S. The molecule has 0 radical (unpaired) electrons. The van der Waals surface area contributed by atoms with Crippen LogP contribution in [0.25, 0.3) is 0 Å². The van der Waals surface area contributed by atoms with Crippen molar-refractivity contribution in [3.05, 3.63) is 17.8 Å². The van der Waals surface area contributed by atoms with Crippen molar-refractivity contribution in [2.24, 2.45) is 0 Å². The van der Waals surface area contributed by atoms with Crippen molar-refractivity contribution in [3.63, 3.8) is 0 Å². The predicted molar refractivity (Wildman–Crippen MR) is 59.0 cm³/mol. The number of nitrogens with zero attached hydrogens (tertiary/aromatic N) is 1. The number of rotatable bonds is 1. The Morgan fingerprint density at radius 1 is 1.44 bits per heavy atom. The van der Waals surface area contributed by atoms with Gasteiger partial charge in [-0.3, -0.25) is 4.79 Å². The molecule has 2 rings (SSSR count). The van der Waals surface area contributed by atoms with Crippen LogP contribution in [0.2, 0.25) is 0 Å². The second kappa shape index (κ2) is 3.55. The molecule has 1 N–H and O–H groups in total. The van der Waals surface area contributed by atoms with E-state index in [0.717, 1.165) is 5.56 Å². The quantitative estimate of drug-likeness (QED) is 0.792. The van der Waals surface area contributed by atoms with E-state index in [9.17, 15) is 13.2 Å². The van der Waals surface area contributed by atoms with Crippen molar-refractivity contribution in [2.75, 3.05) is 11.1 Å². The van der Waals surface area contributed by atoms with Crippen LogP contribution in [0.15, 0.2) is 17.3 Å². The average Bonchev–Trinajstić information content (AvgIpc) is 2.14. The van der Waals surface area contributed by atoms with Gasteiger partial charge in [0, 0.05) is 6.20 Å². The lowest BCUT2D eigenvalue weighted by molar-refractivity contribution is -0.114. The molecule has 1 aliphatic rings. The molecule has 5 nitrogen and oxygen atoms in total. The predicted octanol–water partition coefficient (Wildman–Crippen LogP) is 0.931. The standard InChI is InChI=1S/C10H12N2O3S/c1-6(2)7-3-8-10(11-4-7)16(14,15)5-9(13)12-8/h3-4,6H,5H2,1-2H3,(H,12,13). The molecule has 0 saturated heterocycles. The third-order valence-electron chi connectivity index (χ3n) is 2.43. The first-order chi connectivity index (χ1) is 7.40. The minimum atomic E-state index is -3.56. The van der Waals surface area contributed by atoms with Crippen LogP contribution < -0.4 is 5.32 Å². The topological polar surface area (TPSA) is 76.1 Å². The molecule has 16 heavy (non-hydrogen) atoms. The molecule has 2 heterocycles. The molecule has 1 aromatic rings. The van der Waals surface area contributed by atoms with Gasteiger partial charge in [0.15, 0.2) is 5.03 Å². The smallest absolute Gasteiger partial charge is 0.240 e. The van der Waals surface area contributed by atoms with Gasteiger partial charge >= 0.3 is 0 Å². The van der Waals surface area contributed by atoms with Gasteiger partial charge in [0.1, 0.15) is 5.75 Å². The van der Waals surface area contributed by atoms with Gasteiger partial charge in [0.2, 0.25) is 15.7 Å². The molecule has 1 amide bonds. The molecular weight excluding hydrogens is 228 g/mol. The molecule has 0 saturated carbocycles. The van der Waals surface area contributed by atoms with Gasteiger partial charge in [0.25, 0.3) is 0 Å². The van der Waals surface area contributed by atoms with Gasteiger partial charge in [-0.05, 0) is 17.5 Å². The fourth-order valence-corrected chi connectivity index (χ4v) is 2.76. The number of anilines is 1. The highest BCUT2D eigenvalue weighted by Gasteiger charge is 2.30. The summed E-state index contributed by atoms with van der Waals surface area (Å²) in [7, 11) is -3.56. The maximum Gasteiger partial charge on any atom is 0.240 e. The lowest BCUT2D eigenvalue weighted by Crippen LogP contribution is -2.30. The summed E-state index contributed by atoms with van der Waals surface area (Å²) in [5.41, 5.74) is 1.19. The fourth-order valence-electron chi connectivity index (χ4n) is 1.55. The van der Waals surface area contributed by atoms with E-state index in [1.807, 2.05) is 13.8 Å². The van der Waals surface area contributed by atoms with E-state index in [0.29, 0.717) is 5.69 Å². The number of carbonyl (C=O) groups excluding carboxylic acids is 1. The SMILES string of the molecule is CC(C)c1cnc2c(c1)NC(=O)CS2(=O)=O. The van der Waals surface area contributed by atoms with E-state index in [2.05, 4.69) is 10.3 Å². The molecule has 0 atom stereocenters. The monoisotopic (exact) mass is 240 g/mol. The Kier molecular flexibility index (Phi) is 2.46. The third kappa shape index (κ3) is 1.80. The molecule has 0 aliphatic carbocycles. The minimum Gasteiger partial charge on any atom is -0.323 e. The number of amides is 1. The first-order valence-corrected chi connectivity index (χ1v) is 6.58. The molecule has 86 valence electrons. The Balaban J connectivity index is 2.60.